The molecular weight excluding hydrogens is 266 g/mol. The van der Waals surface area contributed by atoms with Crippen LogP contribution in [0.5, 0.6) is 0 Å². The van der Waals surface area contributed by atoms with Crippen molar-refractivity contribution in [2.24, 2.45) is 0 Å². The highest BCUT2D eigenvalue weighted by atomic mass is 32.1. The molecule has 0 saturated carbocycles. The summed E-state index contributed by atoms with van der Waals surface area (Å²) >= 11 is 1.82. The van der Waals surface area contributed by atoms with Gasteiger partial charge in [0.05, 0.1) is 6.26 Å². The Balaban J connectivity index is 1.91. The van der Waals surface area contributed by atoms with Crippen LogP contribution in [0.1, 0.15) is 29.8 Å². The van der Waals surface area contributed by atoms with Crippen LogP contribution in [-0.4, -0.2) is 6.54 Å². The van der Waals surface area contributed by atoms with E-state index in [2.05, 4.69) is 41.9 Å². The van der Waals surface area contributed by atoms with E-state index >= 15 is 0 Å². The standard InChI is InChI=1S/C17H19NOS/c1-2-9-18-16(11-13-6-5-10-20-13)15-12-19-17-8-4-3-7-14(15)17/h3-8,10,12,16,18H,2,9,11H2,1H3. The molecule has 0 spiro atoms. The highest BCUT2D eigenvalue weighted by Gasteiger charge is 2.17. The quantitative estimate of drug-likeness (QED) is 0.705. The Morgan fingerprint density at radius 1 is 1.20 bits per heavy atom. The minimum absolute atomic E-state index is 0.317. The first-order valence-corrected chi connectivity index (χ1v) is 7.98. The summed E-state index contributed by atoms with van der Waals surface area (Å²) in [6, 6.07) is 12.9. The molecule has 0 bridgehead atoms. The molecule has 2 heterocycles. The number of para-hydroxylation sites is 1. The largest absolute Gasteiger partial charge is 0.464 e. The van der Waals surface area contributed by atoms with E-state index in [0.717, 1.165) is 25.0 Å². The zero-order valence-corrected chi connectivity index (χ0v) is 12.5. The fraction of sp³-hybridized carbons (Fsp3) is 0.294. The number of nitrogens with one attached hydrogen (secondary N) is 1. The fourth-order valence-electron chi connectivity index (χ4n) is 2.51. The molecule has 1 atom stereocenters. The van der Waals surface area contributed by atoms with Crippen molar-refractivity contribution in [2.45, 2.75) is 25.8 Å². The van der Waals surface area contributed by atoms with Gasteiger partial charge in [-0.05, 0) is 30.5 Å². The van der Waals surface area contributed by atoms with Gasteiger partial charge in [-0.1, -0.05) is 31.2 Å². The van der Waals surface area contributed by atoms with Crippen LogP contribution in [0.25, 0.3) is 11.0 Å². The molecule has 2 nitrogen and oxygen atoms in total. The number of benzene rings is 1. The Bertz CT molecular complexity index is 657. The molecule has 0 aliphatic carbocycles. The molecule has 0 saturated heterocycles. The number of furan rings is 1. The summed E-state index contributed by atoms with van der Waals surface area (Å²) in [5, 5.41) is 7.01. The van der Waals surface area contributed by atoms with Gasteiger partial charge in [0.2, 0.25) is 0 Å². The van der Waals surface area contributed by atoms with Crippen LogP contribution in [0, 0.1) is 0 Å². The summed E-state index contributed by atoms with van der Waals surface area (Å²) in [4.78, 5) is 1.41. The maximum absolute atomic E-state index is 5.69. The molecule has 20 heavy (non-hydrogen) atoms. The maximum Gasteiger partial charge on any atom is 0.134 e. The van der Waals surface area contributed by atoms with E-state index < -0.39 is 0 Å². The van der Waals surface area contributed by atoms with Gasteiger partial charge in [-0.2, -0.15) is 0 Å². The van der Waals surface area contributed by atoms with Crippen LogP contribution in [-0.2, 0) is 6.42 Å². The van der Waals surface area contributed by atoms with E-state index in [1.807, 2.05) is 29.7 Å². The van der Waals surface area contributed by atoms with Crippen molar-refractivity contribution in [2.75, 3.05) is 6.54 Å². The summed E-state index contributed by atoms with van der Waals surface area (Å²) < 4.78 is 5.69. The summed E-state index contributed by atoms with van der Waals surface area (Å²) in [6.07, 6.45) is 4.06. The van der Waals surface area contributed by atoms with Crippen LogP contribution < -0.4 is 5.32 Å². The van der Waals surface area contributed by atoms with Crippen molar-refractivity contribution in [3.63, 3.8) is 0 Å². The Hall–Kier alpha value is -1.58. The first-order chi connectivity index (χ1) is 9.88. The van der Waals surface area contributed by atoms with Gasteiger partial charge in [0.25, 0.3) is 0 Å². The molecule has 0 aliphatic rings. The molecule has 0 aliphatic heterocycles. The van der Waals surface area contributed by atoms with Crippen LogP contribution >= 0.6 is 11.3 Å². The van der Waals surface area contributed by atoms with Gasteiger partial charge in [-0.15, -0.1) is 11.3 Å². The first kappa shape index (κ1) is 13.4. The van der Waals surface area contributed by atoms with E-state index in [1.54, 1.807) is 0 Å². The molecule has 3 aromatic rings. The third kappa shape index (κ3) is 2.79. The summed E-state index contributed by atoms with van der Waals surface area (Å²) in [5.74, 6) is 0. The van der Waals surface area contributed by atoms with Crippen molar-refractivity contribution in [1.29, 1.82) is 0 Å². The fourth-order valence-corrected chi connectivity index (χ4v) is 3.26. The van der Waals surface area contributed by atoms with Crippen molar-refractivity contribution < 1.29 is 4.42 Å². The lowest BCUT2D eigenvalue weighted by Crippen LogP contribution is -2.23. The predicted octanol–water partition coefficient (Wildman–Crippen LogP) is 4.78. The second-order valence-corrected chi connectivity index (χ2v) is 6.01. The molecule has 0 fully saturated rings. The Labute approximate surface area is 123 Å². The number of hydrogen-bond acceptors (Lipinski definition) is 3. The topological polar surface area (TPSA) is 25.2 Å². The molecule has 1 N–H and O–H groups in total. The molecule has 3 heteroatoms. The smallest absolute Gasteiger partial charge is 0.134 e. The lowest BCUT2D eigenvalue weighted by atomic mass is 10.0. The van der Waals surface area contributed by atoms with E-state index in [-0.39, 0.29) is 0 Å². The molecular formula is C17H19NOS. The summed E-state index contributed by atoms with van der Waals surface area (Å²) in [5.41, 5.74) is 2.24. The number of hydrogen-bond donors (Lipinski definition) is 1. The van der Waals surface area contributed by atoms with Crippen molar-refractivity contribution in [3.8, 4) is 0 Å². The van der Waals surface area contributed by atoms with E-state index in [1.165, 1.54) is 15.8 Å². The Kier molecular flexibility index (Phi) is 4.19. The van der Waals surface area contributed by atoms with Gasteiger partial charge in [0, 0.05) is 28.3 Å². The van der Waals surface area contributed by atoms with Gasteiger partial charge in [-0.25, -0.2) is 0 Å². The van der Waals surface area contributed by atoms with Gasteiger partial charge in [-0.3, -0.25) is 0 Å². The van der Waals surface area contributed by atoms with Crippen molar-refractivity contribution in [3.05, 3.63) is 58.5 Å². The van der Waals surface area contributed by atoms with Gasteiger partial charge < -0.3 is 9.73 Å². The normalized spacial score (nSPS) is 12.8. The van der Waals surface area contributed by atoms with Crippen LogP contribution in [0.2, 0.25) is 0 Å². The van der Waals surface area contributed by atoms with Gasteiger partial charge in [0.1, 0.15) is 5.58 Å². The minimum atomic E-state index is 0.317. The maximum atomic E-state index is 5.69. The summed E-state index contributed by atoms with van der Waals surface area (Å²) in [7, 11) is 0. The third-order valence-corrected chi connectivity index (χ3v) is 4.41. The van der Waals surface area contributed by atoms with E-state index in [9.17, 15) is 0 Å². The molecule has 1 aromatic carbocycles. The summed E-state index contributed by atoms with van der Waals surface area (Å²) in [6.45, 7) is 3.22. The zero-order chi connectivity index (χ0) is 13.8. The minimum Gasteiger partial charge on any atom is -0.464 e. The third-order valence-electron chi connectivity index (χ3n) is 3.51. The highest BCUT2D eigenvalue weighted by Crippen LogP contribution is 2.29. The predicted molar refractivity (Wildman–Crippen MR) is 85.3 cm³/mol. The number of rotatable bonds is 6. The molecule has 2 aromatic heterocycles. The Morgan fingerprint density at radius 3 is 2.90 bits per heavy atom. The second-order valence-electron chi connectivity index (χ2n) is 4.98. The van der Waals surface area contributed by atoms with Crippen LogP contribution in [0.15, 0.2) is 52.5 Å². The first-order valence-electron chi connectivity index (χ1n) is 7.10. The molecule has 0 amide bonds. The monoisotopic (exact) mass is 285 g/mol. The molecule has 104 valence electrons. The van der Waals surface area contributed by atoms with Gasteiger partial charge >= 0.3 is 0 Å². The van der Waals surface area contributed by atoms with E-state index in [4.69, 9.17) is 4.42 Å². The average Bonchev–Trinajstić information content (AvgIpc) is 3.12. The van der Waals surface area contributed by atoms with Gasteiger partial charge in [0.15, 0.2) is 0 Å². The highest BCUT2D eigenvalue weighted by molar-refractivity contribution is 7.09. The average molecular weight is 285 g/mol. The zero-order valence-electron chi connectivity index (χ0n) is 11.6. The number of fused-ring (bicyclic) bond motifs is 1. The lowest BCUT2D eigenvalue weighted by molar-refractivity contribution is 0.522. The molecule has 0 radical (unpaired) electrons. The van der Waals surface area contributed by atoms with Crippen LogP contribution in [0.3, 0.4) is 0 Å². The lowest BCUT2D eigenvalue weighted by Gasteiger charge is -2.17. The molecule has 1 unspecified atom stereocenters. The molecule has 3 rings (SSSR count). The van der Waals surface area contributed by atoms with E-state index in [0.29, 0.717) is 6.04 Å². The Morgan fingerprint density at radius 2 is 2.10 bits per heavy atom. The van der Waals surface area contributed by atoms with Crippen molar-refractivity contribution in [1.82, 2.24) is 5.32 Å². The SMILES string of the molecule is CCCNC(Cc1cccs1)c1coc2ccccc12. The van der Waals surface area contributed by atoms with Crippen LogP contribution in [0.4, 0.5) is 0 Å². The second kappa shape index (κ2) is 6.25. The number of thiophene rings is 1. The van der Waals surface area contributed by atoms with Crippen molar-refractivity contribution >= 4 is 22.3 Å².